The summed E-state index contributed by atoms with van der Waals surface area (Å²) in [6, 6.07) is 3.50. The lowest BCUT2D eigenvalue weighted by Gasteiger charge is -2.14. The minimum Gasteiger partial charge on any atom is -0.492 e. The van der Waals surface area contributed by atoms with Gasteiger partial charge in [-0.3, -0.25) is 9.59 Å². The summed E-state index contributed by atoms with van der Waals surface area (Å²) < 4.78 is 21.4. The molecule has 2 amide bonds. The second kappa shape index (κ2) is 9.28. The van der Waals surface area contributed by atoms with Gasteiger partial charge in [0.05, 0.1) is 23.3 Å². The first-order valence-corrected chi connectivity index (χ1v) is 12.1. The minimum atomic E-state index is -0.397. The summed E-state index contributed by atoms with van der Waals surface area (Å²) in [5.74, 6) is 0.241. The van der Waals surface area contributed by atoms with Gasteiger partial charge in [-0.05, 0) is 63.5 Å². The van der Waals surface area contributed by atoms with E-state index in [0.717, 1.165) is 25.7 Å². The molecular formula is C26H30FN5O3. The predicted octanol–water partition coefficient (Wildman–Crippen LogP) is 3.96. The van der Waals surface area contributed by atoms with Gasteiger partial charge >= 0.3 is 0 Å². The van der Waals surface area contributed by atoms with Crippen molar-refractivity contribution in [2.45, 2.75) is 65.0 Å². The Morgan fingerprint density at radius 2 is 1.86 bits per heavy atom. The smallest absolute Gasteiger partial charge is 0.255 e. The van der Waals surface area contributed by atoms with Crippen LogP contribution in [0.2, 0.25) is 0 Å². The first kappa shape index (κ1) is 23.3. The number of amides is 2. The Morgan fingerprint density at radius 1 is 1.11 bits per heavy atom. The van der Waals surface area contributed by atoms with Gasteiger partial charge in [0.15, 0.2) is 0 Å². The molecule has 0 radical (unpaired) electrons. The van der Waals surface area contributed by atoms with Crippen LogP contribution >= 0.6 is 0 Å². The summed E-state index contributed by atoms with van der Waals surface area (Å²) in [5.41, 5.74) is 3.12. The zero-order chi connectivity index (χ0) is 24.7. The molecule has 2 atom stereocenters. The molecule has 8 nitrogen and oxygen atoms in total. The predicted molar refractivity (Wildman–Crippen MR) is 130 cm³/mol. The Balaban J connectivity index is 1.47. The van der Waals surface area contributed by atoms with Gasteiger partial charge in [-0.1, -0.05) is 6.07 Å². The van der Waals surface area contributed by atoms with Crippen LogP contribution in [0.1, 0.15) is 60.6 Å². The molecule has 3 N–H and O–H groups in total. The van der Waals surface area contributed by atoms with Crippen molar-refractivity contribution in [2.24, 2.45) is 5.92 Å². The Bertz CT molecular complexity index is 1300. The highest BCUT2D eigenvalue weighted by Crippen LogP contribution is 2.39. The highest BCUT2D eigenvalue weighted by molar-refractivity contribution is 6.09. The highest BCUT2D eigenvalue weighted by Gasteiger charge is 2.30. The molecule has 3 aromatic rings. The zero-order valence-corrected chi connectivity index (χ0v) is 20.2. The highest BCUT2D eigenvalue weighted by atomic mass is 19.1. The second-order valence-electron chi connectivity index (χ2n) is 9.78. The van der Waals surface area contributed by atoms with Crippen LogP contribution in [0.25, 0.3) is 22.3 Å². The van der Waals surface area contributed by atoms with Gasteiger partial charge in [-0.25, -0.2) is 14.4 Å². The maximum atomic E-state index is 15.4. The van der Waals surface area contributed by atoms with E-state index in [1.807, 2.05) is 0 Å². The van der Waals surface area contributed by atoms with E-state index in [1.165, 1.54) is 13.3 Å². The van der Waals surface area contributed by atoms with Gasteiger partial charge in [0.2, 0.25) is 5.91 Å². The molecule has 2 aliphatic rings. The van der Waals surface area contributed by atoms with Crippen molar-refractivity contribution in [3.8, 4) is 17.0 Å². The maximum absolute atomic E-state index is 15.4. The van der Waals surface area contributed by atoms with Crippen molar-refractivity contribution in [2.75, 3.05) is 6.61 Å². The van der Waals surface area contributed by atoms with E-state index in [1.54, 1.807) is 26.0 Å². The molecule has 0 bridgehead atoms. The van der Waals surface area contributed by atoms with Crippen LogP contribution in [0.15, 0.2) is 18.5 Å². The number of aryl methyl sites for hydroxylation is 2. The van der Waals surface area contributed by atoms with Crippen molar-refractivity contribution in [3.05, 3.63) is 41.1 Å². The summed E-state index contributed by atoms with van der Waals surface area (Å²) in [6.45, 7) is 5.54. The van der Waals surface area contributed by atoms with E-state index in [-0.39, 0.29) is 29.5 Å². The van der Waals surface area contributed by atoms with E-state index >= 15 is 4.39 Å². The van der Waals surface area contributed by atoms with E-state index < -0.39 is 5.82 Å². The number of nitrogens with one attached hydrogen (secondary N) is 3. The van der Waals surface area contributed by atoms with Crippen LogP contribution in [-0.2, 0) is 4.79 Å². The lowest BCUT2D eigenvalue weighted by molar-refractivity contribution is -0.119. The zero-order valence-electron chi connectivity index (χ0n) is 20.2. The molecule has 2 saturated carbocycles. The number of halogens is 1. The van der Waals surface area contributed by atoms with Crippen molar-refractivity contribution in [1.82, 2.24) is 25.6 Å². The van der Waals surface area contributed by atoms with E-state index in [9.17, 15) is 9.59 Å². The maximum Gasteiger partial charge on any atom is 0.255 e. The van der Waals surface area contributed by atoms with Crippen LogP contribution in [0.5, 0.6) is 5.75 Å². The molecule has 0 aliphatic heterocycles. The molecule has 1 aromatic carbocycles. The van der Waals surface area contributed by atoms with Gasteiger partial charge in [0, 0.05) is 24.7 Å². The Kier molecular flexibility index (Phi) is 6.17. The average Bonchev–Trinajstić information content (AvgIpc) is 3.44. The van der Waals surface area contributed by atoms with Crippen molar-refractivity contribution in [1.29, 1.82) is 0 Å². The summed E-state index contributed by atoms with van der Waals surface area (Å²) in [7, 11) is 0. The largest absolute Gasteiger partial charge is 0.492 e. The van der Waals surface area contributed by atoms with Crippen LogP contribution in [0.4, 0.5) is 4.39 Å². The quantitative estimate of drug-likeness (QED) is 0.475. The fraction of sp³-hybridized carbons (Fsp3) is 0.462. The van der Waals surface area contributed by atoms with Gasteiger partial charge in [-0.2, -0.15) is 0 Å². The summed E-state index contributed by atoms with van der Waals surface area (Å²) in [4.78, 5) is 36.6. The van der Waals surface area contributed by atoms with Crippen molar-refractivity contribution >= 4 is 22.8 Å². The number of hydrogen-bond acceptors (Lipinski definition) is 5. The number of hydrogen-bond donors (Lipinski definition) is 3. The first-order chi connectivity index (χ1) is 16.8. The van der Waals surface area contributed by atoms with E-state index in [0.29, 0.717) is 58.2 Å². The van der Waals surface area contributed by atoms with E-state index in [4.69, 9.17) is 4.74 Å². The molecule has 0 spiro atoms. The normalized spacial score (nSPS) is 19.7. The standard InChI is InChI=1S/C26H30FN5O3/c1-13-4-9-19(35-11-16-5-6-16)21(22(13)27)24-25-23(28-12-29-24)20(14(2)30-25)26(34)32-18-8-7-17(10-18)31-15(3)33/h4,9,12,16-18,30H,5-8,10-11H2,1-3H3,(H,31,33)(H,32,34)/t17-,18+/m1/s1. The topological polar surface area (TPSA) is 109 Å². The molecule has 5 rings (SSSR count). The third-order valence-electron chi connectivity index (χ3n) is 6.88. The number of carbonyl (C=O) groups excluding carboxylic acids is 2. The number of carbonyl (C=O) groups is 2. The number of aromatic amines is 1. The second-order valence-corrected chi connectivity index (χ2v) is 9.78. The van der Waals surface area contributed by atoms with Gasteiger partial charge in [-0.15, -0.1) is 0 Å². The molecule has 2 heterocycles. The molecule has 0 unspecified atom stereocenters. The lowest BCUT2D eigenvalue weighted by atomic mass is 10.0. The molecule has 2 aliphatic carbocycles. The SMILES string of the molecule is CC(=O)N[C@@H]1CC[C@H](NC(=O)c2c(C)[nH]c3c(-c4c(OCC5CC5)ccc(C)c4F)ncnc23)C1. The molecule has 35 heavy (non-hydrogen) atoms. The van der Waals surface area contributed by atoms with E-state index in [2.05, 4.69) is 25.6 Å². The lowest BCUT2D eigenvalue weighted by Crippen LogP contribution is -2.36. The number of benzene rings is 1. The first-order valence-electron chi connectivity index (χ1n) is 12.1. The number of rotatable bonds is 7. The minimum absolute atomic E-state index is 0.0401. The van der Waals surface area contributed by atoms with Gasteiger partial charge < -0.3 is 20.4 Å². The third-order valence-corrected chi connectivity index (χ3v) is 6.88. The van der Waals surface area contributed by atoms with Crippen molar-refractivity contribution < 1.29 is 18.7 Å². The third kappa shape index (κ3) is 4.72. The number of nitrogens with zero attached hydrogens (tertiary/aromatic N) is 2. The fourth-order valence-corrected chi connectivity index (χ4v) is 4.87. The fourth-order valence-electron chi connectivity index (χ4n) is 4.87. The molecule has 9 heteroatoms. The summed E-state index contributed by atoms with van der Waals surface area (Å²) in [6.07, 6.45) is 5.90. The van der Waals surface area contributed by atoms with Crippen LogP contribution < -0.4 is 15.4 Å². The number of fused-ring (bicyclic) bond motifs is 1. The van der Waals surface area contributed by atoms with Gasteiger partial charge in [0.25, 0.3) is 5.91 Å². The molecule has 2 aromatic heterocycles. The van der Waals surface area contributed by atoms with Crippen LogP contribution in [-0.4, -0.2) is 45.5 Å². The molecule has 2 fully saturated rings. The molecule has 184 valence electrons. The average molecular weight is 480 g/mol. The van der Waals surface area contributed by atoms with Gasteiger partial charge in [0.1, 0.15) is 29.1 Å². The Hall–Kier alpha value is -3.49. The molecule has 0 saturated heterocycles. The van der Waals surface area contributed by atoms with Crippen LogP contribution in [0, 0.1) is 25.6 Å². The summed E-state index contributed by atoms with van der Waals surface area (Å²) >= 11 is 0. The number of H-pyrrole nitrogens is 1. The number of aromatic nitrogens is 3. The Labute approximate surface area is 203 Å². The Morgan fingerprint density at radius 3 is 2.57 bits per heavy atom. The van der Waals surface area contributed by atoms with Crippen LogP contribution in [0.3, 0.4) is 0 Å². The molecular weight excluding hydrogens is 449 g/mol. The number of ether oxygens (including phenoxy) is 1. The van der Waals surface area contributed by atoms with Crippen molar-refractivity contribution in [3.63, 3.8) is 0 Å². The summed E-state index contributed by atoms with van der Waals surface area (Å²) in [5, 5.41) is 6.00. The monoisotopic (exact) mass is 479 g/mol.